The summed E-state index contributed by atoms with van der Waals surface area (Å²) < 4.78 is 10.6. The first-order chi connectivity index (χ1) is 10.0. The minimum atomic E-state index is -1.09. The number of carboxylic acid groups (broad SMARTS) is 1. The van der Waals surface area contributed by atoms with Gasteiger partial charge in [-0.25, -0.2) is 4.79 Å². The van der Waals surface area contributed by atoms with Crippen LogP contribution in [0.5, 0.6) is 0 Å². The molecule has 21 heavy (non-hydrogen) atoms. The molecule has 1 N–H and O–H groups in total. The zero-order valence-electron chi connectivity index (χ0n) is 12.0. The smallest absolute Gasteiger partial charge is 0.338 e. The van der Waals surface area contributed by atoms with Crippen LogP contribution >= 0.6 is 0 Å². The Morgan fingerprint density at radius 1 is 1.33 bits per heavy atom. The average Bonchev–Trinajstić information content (AvgIpc) is 3.07. The molecule has 2 saturated heterocycles. The van der Waals surface area contributed by atoms with Gasteiger partial charge in [0.15, 0.2) is 5.76 Å². The molecule has 6 nitrogen and oxygen atoms in total. The van der Waals surface area contributed by atoms with Gasteiger partial charge in [0, 0.05) is 31.9 Å². The second-order valence-electron chi connectivity index (χ2n) is 5.90. The van der Waals surface area contributed by atoms with Crippen molar-refractivity contribution in [2.75, 3.05) is 19.8 Å². The van der Waals surface area contributed by atoms with Gasteiger partial charge in [-0.05, 0) is 31.6 Å². The lowest BCUT2D eigenvalue weighted by Gasteiger charge is -2.38. The van der Waals surface area contributed by atoms with E-state index in [0.29, 0.717) is 6.54 Å². The number of hydrogen-bond donors (Lipinski definition) is 1. The minimum absolute atomic E-state index is 0.00554. The number of aromatic carboxylic acids is 1. The molecule has 0 bridgehead atoms. The van der Waals surface area contributed by atoms with Gasteiger partial charge in [0.05, 0.1) is 5.56 Å². The fraction of sp³-hybridized carbons (Fsp3) is 0.600. The number of carbonyl (C=O) groups excluding carboxylic acids is 1. The van der Waals surface area contributed by atoms with Crippen LogP contribution in [-0.2, 0) is 4.74 Å². The van der Waals surface area contributed by atoms with E-state index < -0.39 is 5.97 Å². The predicted molar refractivity (Wildman–Crippen MR) is 73.3 cm³/mol. The number of carbonyl (C=O) groups is 2. The van der Waals surface area contributed by atoms with E-state index in [-0.39, 0.29) is 28.7 Å². The van der Waals surface area contributed by atoms with E-state index in [1.807, 2.05) is 0 Å². The van der Waals surface area contributed by atoms with Crippen LogP contribution in [0.3, 0.4) is 0 Å². The minimum Gasteiger partial charge on any atom is -0.478 e. The Morgan fingerprint density at radius 2 is 2.05 bits per heavy atom. The first kappa shape index (κ1) is 14.1. The molecule has 2 fully saturated rings. The van der Waals surface area contributed by atoms with Crippen molar-refractivity contribution in [1.29, 1.82) is 0 Å². The molecule has 3 rings (SSSR count). The highest BCUT2D eigenvalue weighted by Gasteiger charge is 2.47. The van der Waals surface area contributed by atoms with Gasteiger partial charge < -0.3 is 19.2 Å². The molecular weight excluding hydrogens is 274 g/mol. The summed E-state index contributed by atoms with van der Waals surface area (Å²) in [6.45, 7) is 4.24. The number of carboxylic acids is 1. The summed E-state index contributed by atoms with van der Waals surface area (Å²) in [5.74, 6) is -1.21. The van der Waals surface area contributed by atoms with E-state index in [4.69, 9.17) is 14.3 Å². The number of likely N-dealkylation sites (tertiary alicyclic amines) is 1. The highest BCUT2D eigenvalue weighted by molar-refractivity contribution is 5.95. The number of amides is 1. The van der Waals surface area contributed by atoms with E-state index in [1.54, 1.807) is 4.90 Å². The Labute approximate surface area is 122 Å². The molecule has 1 unspecified atom stereocenters. The fourth-order valence-corrected chi connectivity index (χ4v) is 3.50. The van der Waals surface area contributed by atoms with Gasteiger partial charge in [0.1, 0.15) is 6.26 Å². The van der Waals surface area contributed by atoms with Crippen molar-refractivity contribution in [3.05, 3.63) is 23.7 Å². The third-order valence-electron chi connectivity index (χ3n) is 5.01. The van der Waals surface area contributed by atoms with Crippen LogP contribution in [0.4, 0.5) is 0 Å². The lowest BCUT2D eigenvalue weighted by Crippen LogP contribution is -2.43. The van der Waals surface area contributed by atoms with Gasteiger partial charge in [0.2, 0.25) is 0 Å². The molecular formula is C15H19NO5. The summed E-state index contributed by atoms with van der Waals surface area (Å²) in [6.07, 6.45) is 4.02. The van der Waals surface area contributed by atoms with Crippen molar-refractivity contribution in [2.45, 2.75) is 32.2 Å². The van der Waals surface area contributed by atoms with E-state index in [1.165, 1.54) is 6.07 Å². The van der Waals surface area contributed by atoms with Gasteiger partial charge in [-0.3, -0.25) is 4.79 Å². The average molecular weight is 293 g/mol. The lowest BCUT2D eigenvalue weighted by atomic mass is 9.74. The van der Waals surface area contributed by atoms with Crippen LogP contribution in [0, 0.1) is 5.41 Å². The molecule has 0 radical (unpaired) electrons. The Kier molecular flexibility index (Phi) is 3.49. The van der Waals surface area contributed by atoms with Crippen LogP contribution in [0.1, 0.15) is 47.1 Å². The van der Waals surface area contributed by atoms with Crippen molar-refractivity contribution in [3.8, 4) is 0 Å². The maximum atomic E-state index is 12.5. The monoisotopic (exact) mass is 293 g/mol. The van der Waals surface area contributed by atoms with Gasteiger partial charge in [-0.1, -0.05) is 0 Å². The molecule has 1 amide bonds. The zero-order chi connectivity index (χ0) is 15.0. The van der Waals surface area contributed by atoms with Gasteiger partial charge >= 0.3 is 5.97 Å². The lowest BCUT2D eigenvalue weighted by molar-refractivity contribution is -0.000200. The second-order valence-corrected chi connectivity index (χ2v) is 5.90. The Hall–Kier alpha value is -1.82. The molecule has 0 aliphatic carbocycles. The van der Waals surface area contributed by atoms with E-state index in [0.717, 1.165) is 38.7 Å². The predicted octanol–water partition coefficient (Wildman–Crippen LogP) is 2.01. The third kappa shape index (κ3) is 2.33. The van der Waals surface area contributed by atoms with Crippen LogP contribution in [0.15, 0.2) is 16.7 Å². The summed E-state index contributed by atoms with van der Waals surface area (Å²) >= 11 is 0. The van der Waals surface area contributed by atoms with E-state index >= 15 is 0 Å². The Morgan fingerprint density at radius 3 is 2.67 bits per heavy atom. The molecule has 0 saturated carbocycles. The van der Waals surface area contributed by atoms with Crippen molar-refractivity contribution >= 4 is 11.9 Å². The maximum Gasteiger partial charge on any atom is 0.338 e. The van der Waals surface area contributed by atoms with Gasteiger partial charge in [-0.15, -0.1) is 0 Å². The van der Waals surface area contributed by atoms with Gasteiger partial charge in [0.25, 0.3) is 5.91 Å². The molecule has 0 aromatic carbocycles. The normalized spacial score (nSPS) is 24.4. The van der Waals surface area contributed by atoms with Crippen molar-refractivity contribution < 1.29 is 23.8 Å². The van der Waals surface area contributed by atoms with Crippen molar-refractivity contribution in [3.63, 3.8) is 0 Å². The molecule has 1 aromatic rings. The third-order valence-corrected chi connectivity index (χ3v) is 5.01. The summed E-state index contributed by atoms with van der Waals surface area (Å²) in [6, 6.07) is 1.42. The largest absolute Gasteiger partial charge is 0.478 e. The molecule has 2 aliphatic heterocycles. The summed E-state index contributed by atoms with van der Waals surface area (Å²) in [5.41, 5.74) is 0.141. The first-order valence-electron chi connectivity index (χ1n) is 7.24. The molecule has 6 heteroatoms. The molecule has 1 atom stereocenters. The van der Waals surface area contributed by atoms with Crippen LogP contribution in [-0.4, -0.2) is 47.7 Å². The Bertz CT molecular complexity index is 558. The van der Waals surface area contributed by atoms with Crippen molar-refractivity contribution in [1.82, 2.24) is 4.90 Å². The summed E-state index contributed by atoms with van der Waals surface area (Å²) in [4.78, 5) is 25.2. The number of nitrogens with zero attached hydrogens (tertiary/aromatic N) is 1. The number of rotatable bonds is 2. The van der Waals surface area contributed by atoms with E-state index in [2.05, 4.69) is 6.92 Å². The first-order valence-corrected chi connectivity index (χ1v) is 7.24. The van der Waals surface area contributed by atoms with E-state index in [9.17, 15) is 9.59 Å². The number of hydrogen-bond acceptors (Lipinski definition) is 4. The van der Waals surface area contributed by atoms with Gasteiger partial charge in [-0.2, -0.15) is 0 Å². The molecule has 1 aromatic heterocycles. The van der Waals surface area contributed by atoms with Crippen LogP contribution < -0.4 is 0 Å². The quantitative estimate of drug-likeness (QED) is 0.902. The standard InChI is InChI=1S/C15H19NO5/c1-10-15(3-6-20-7-4-15)2-5-16(10)13(17)12-8-11(9-21-12)14(18)19/h8-10H,2-7H2,1H3,(H,18,19). The SMILES string of the molecule is CC1N(C(=O)c2cc(C(=O)O)co2)CCC12CCOCC2. The second kappa shape index (κ2) is 5.18. The van der Waals surface area contributed by atoms with Crippen LogP contribution in [0.2, 0.25) is 0 Å². The Balaban J connectivity index is 1.77. The summed E-state index contributed by atoms with van der Waals surface area (Å²) in [5, 5.41) is 8.90. The van der Waals surface area contributed by atoms with Crippen molar-refractivity contribution in [2.24, 2.45) is 5.41 Å². The molecule has 2 aliphatic rings. The molecule has 3 heterocycles. The number of ether oxygens (including phenoxy) is 1. The maximum absolute atomic E-state index is 12.5. The highest BCUT2D eigenvalue weighted by Crippen LogP contribution is 2.45. The molecule has 1 spiro atoms. The number of furan rings is 1. The topological polar surface area (TPSA) is 80.0 Å². The fourth-order valence-electron chi connectivity index (χ4n) is 3.50. The summed E-state index contributed by atoms with van der Waals surface area (Å²) in [7, 11) is 0. The zero-order valence-corrected chi connectivity index (χ0v) is 12.0. The van der Waals surface area contributed by atoms with Crippen LogP contribution in [0.25, 0.3) is 0 Å². The highest BCUT2D eigenvalue weighted by atomic mass is 16.5. The molecule has 114 valence electrons.